The first-order valence-corrected chi connectivity index (χ1v) is 9.12. The molecule has 0 bridgehead atoms. The highest BCUT2D eigenvalue weighted by Crippen LogP contribution is 2.22. The number of rotatable bonds is 5. The molecule has 0 aliphatic carbocycles. The molecular formula is C17H19N5OS2. The minimum Gasteiger partial charge on any atom is -0.302 e. The lowest BCUT2D eigenvalue weighted by atomic mass is 10.1. The average molecular weight is 374 g/mol. The number of H-pyrrole nitrogens is 1. The lowest BCUT2D eigenvalue weighted by Gasteiger charge is -2.07. The monoisotopic (exact) mass is 373 g/mol. The van der Waals surface area contributed by atoms with Gasteiger partial charge >= 0.3 is 0 Å². The number of carbonyl (C=O) groups excluding carboxylic acids is 1. The minimum absolute atomic E-state index is 0.0907. The van der Waals surface area contributed by atoms with Crippen LogP contribution in [0, 0.1) is 25.5 Å². The van der Waals surface area contributed by atoms with Gasteiger partial charge in [0.15, 0.2) is 15.7 Å². The summed E-state index contributed by atoms with van der Waals surface area (Å²) in [6.07, 6.45) is 0.296. The number of aromatic nitrogens is 4. The van der Waals surface area contributed by atoms with Crippen LogP contribution in [0.25, 0.3) is 11.4 Å². The third-order valence-corrected chi connectivity index (χ3v) is 5.17. The summed E-state index contributed by atoms with van der Waals surface area (Å²) in [6, 6.07) is 8.03. The second kappa shape index (κ2) is 7.28. The first kappa shape index (κ1) is 17.5. The molecule has 0 fully saturated rings. The summed E-state index contributed by atoms with van der Waals surface area (Å²) in [5.41, 5.74) is 3.06. The van der Waals surface area contributed by atoms with E-state index >= 15 is 0 Å². The van der Waals surface area contributed by atoms with Crippen molar-refractivity contribution in [3.8, 4) is 11.4 Å². The Hall–Kier alpha value is -2.32. The standard InChI is InChI=1S/C17H19N5OS2/c1-10-5-4-6-13(9-10)15-20-21-17(24)22(15)8-7-14(23)19-16-18-11(2)12(3)25-16/h4-6,9H,7-8H2,1-3H3,(H,21,24)(H,18,19,23). The molecule has 0 aliphatic heterocycles. The molecule has 0 radical (unpaired) electrons. The molecular weight excluding hydrogens is 354 g/mol. The lowest BCUT2D eigenvalue weighted by Crippen LogP contribution is -2.15. The SMILES string of the molecule is Cc1cccc(-c2n[nH]c(=S)n2CCC(=O)Nc2nc(C)c(C)s2)c1. The minimum atomic E-state index is -0.0907. The molecule has 2 heterocycles. The van der Waals surface area contributed by atoms with Gasteiger partial charge in [0.05, 0.1) is 5.69 Å². The quantitative estimate of drug-likeness (QED) is 0.663. The van der Waals surface area contributed by atoms with Crippen molar-refractivity contribution in [2.45, 2.75) is 33.7 Å². The summed E-state index contributed by atoms with van der Waals surface area (Å²) in [4.78, 5) is 17.7. The number of thiazole rings is 1. The highest BCUT2D eigenvalue weighted by atomic mass is 32.1. The van der Waals surface area contributed by atoms with Gasteiger partial charge in [-0.2, -0.15) is 5.10 Å². The molecule has 6 nitrogen and oxygen atoms in total. The van der Waals surface area contributed by atoms with E-state index in [0.29, 0.717) is 22.9 Å². The van der Waals surface area contributed by atoms with Crippen molar-refractivity contribution in [3.63, 3.8) is 0 Å². The van der Waals surface area contributed by atoms with Gasteiger partial charge in [0.1, 0.15) is 0 Å². The predicted molar refractivity (Wildman–Crippen MR) is 102 cm³/mol. The first-order chi connectivity index (χ1) is 11.9. The Labute approximate surface area is 154 Å². The van der Waals surface area contributed by atoms with E-state index in [9.17, 15) is 4.79 Å². The number of hydrogen-bond donors (Lipinski definition) is 2. The van der Waals surface area contributed by atoms with Crippen molar-refractivity contribution in [1.82, 2.24) is 19.7 Å². The molecule has 0 spiro atoms. The van der Waals surface area contributed by atoms with Crippen LogP contribution in [0.3, 0.4) is 0 Å². The Bertz CT molecular complexity index is 950. The number of amides is 1. The number of aromatic amines is 1. The predicted octanol–water partition coefficient (Wildman–Crippen LogP) is 4.02. The van der Waals surface area contributed by atoms with Crippen molar-refractivity contribution in [2.75, 3.05) is 5.32 Å². The van der Waals surface area contributed by atoms with Gasteiger partial charge in [-0.15, -0.1) is 11.3 Å². The number of nitrogens with one attached hydrogen (secondary N) is 2. The van der Waals surface area contributed by atoms with Crippen LogP contribution < -0.4 is 5.32 Å². The van der Waals surface area contributed by atoms with Crippen LogP contribution in [0.5, 0.6) is 0 Å². The number of nitrogens with zero attached hydrogens (tertiary/aromatic N) is 3. The van der Waals surface area contributed by atoms with E-state index in [0.717, 1.165) is 27.5 Å². The second-order valence-corrected chi connectivity index (χ2v) is 7.42. The topological polar surface area (TPSA) is 75.6 Å². The van der Waals surface area contributed by atoms with Crippen molar-refractivity contribution in [2.24, 2.45) is 0 Å². The molecule has 3 rings (SSSR count). The summed E-state index contributed by atoms with van der Waals surface area (Å²) in [7, 11) is 0. The maximum Gasteiger partial charge on any atom is 0.227 e. The number of aryl methyl sites for hydroxylation is 3. The smallest absolute Gasteiger partial charge is 0.227 e. The van der Waals surface area contributed by atoms with Gasteiger partial charge in [-0.25, -0.2) is 4.98 Å². The molecule has 0 saturated heterocycles. The van der Waals surface area contributed by atoms with Gasteiger partial charge in [0, 0.05) is 23.4 Å². The summed E-state index contributed by atoms with van der Waals surface area (Å²) < 4.78 is 2.35. The fraction of sp³-hybridized carbons (Fsp3) is 0.294. The van der Waals surface area contributed by atoms with E-state index < -0.39 is 0 Å². The Morgan fingerprint density at radius 2 is 2.16 bits per heavy atom. The van der Waals surface area contributed by atoms with Crippen LogP contribution in [0.15, 0.2) is 24.3 Å². The molecule has 3 aromatic rings. The van der Waals surface area contributed by atoms with E-state index in [4.69, 9.17) is 12.2 Å². The highest BCUT2D eigenvalue weighted by Gasteiger charge is 2.12. The zero-order valence-corrected chi connectivity index (χ0v) is 15.9. The number of anilines is 1. The van der Waals surface area contributed by atoms with Gasteiger partial charge in [-0.05, 0) is 39.1 Å². The molecule has 130 valence electrons. The highest BCUT2D eigenvalue weighted by molar-refractivity contribution is 7.71. The van der Waals surface area contributed by atoms with Crippen molar-refractivity contribution in [1.29, 1.82) is 0 Å². The van der Waals surface area contributed by atoms with Crippen LogP contribution in [-0.4, -0.2) is 25.7 Å². The molecule has 2 aromatic heterocycles. The van der Waals surface area contributed by atoms with Crippen LogP contribution in [0.1, 0.15) is 22.6 Å². The molecule has 2 N–H and O–H groups in total. The molecule has 0 atom stereocenters. The Morgan fingerprint density at radius 1 is 1.36 bits per heavy atom. The van der Waals surface area contributed by atoms with Crippen LogP contribution in [-0.2, 0) is 11.3 Å². The van der Waals surface area contributed by atoms with E-state index in [1.807, 2.05) is 49.6 Å². The molecule has 0 unspecified atom stereocenters. The fourth-order valence-electron chi connectivity index (χ4n) is 2.45. The van der Waals surface area contributed by atoms with Crippen molar-refractivity contribution >= 4 is 34.6 Å². The van der Waals surface area contributed by atoms with E-state index in [-0.39, 0.29) is 5.91 Å². The van der Waals surface area contributed by atoms with Crippen LogP contribution >= 0.6 is 23.6 Å². The zero-order chi connectivity index (χ0) is 18.0. The third kappa shape index (κ3) is 4.02. The van der Waals surface area contributed by atoms with Gasteiger partial charge in [0.25, 0.3) is 0 Å². The molecule has 0 saturated carbocycles. The summed E-state index contributed by atoms with van der Waals surface area (Å²) in [5.74, 6) is 0.648. The summed E-state index contributed by atoms with van der Waals surface area (Å²) in [6.45, 7) is 6.40. The largest absolute Gasteiger partial charge is 0.302 e. The molecule has 1 aromatic carbocycles. The maximum absolute atomic E-state index is 12.2. The molecule has 8 heteroatoms. The van der Waals surface area contributed by atoms with Crippen LogP contribution in [0.4, 0.5) is 5.13 Å². The van der Waals surface area contributed by atoms with Gasteiger partial charge in [-0.3, -0.25) is 14.5 Å². The Kier molecular flexibility index (Phi) is 5.10. The number of hydrogen-bond acceptors (Lipinski definition) is 5. The average Bonchev–Trinajstić information content (AvgIpc) is 3.08. The third-order valence-electron chi connectivity index (χ3n) is 3.87. The Balaban J connectivity index is 1.72. The summed E-state index contributed by atoms with van der Waals surface area (Å²) in [5, 5.41) is 10.6. The first-order valence-electron chi connectivity index (χ1n) is 7.90. The fourth-order valence-corrected chi connectivity index (χ4v) is 3.51. The van der Waals surface area contributed by atoms with Gasteiger partial charge < -0.3 is 5.32 Å². The van der Waals surface area contributed by atoms with Crippen molar-refractivity contribution < 1.29 is 4.79 Å². The van der Waals surface area contributed by atoms with E-state index in [2.05, 4.69) is 20.5 Å². The molecule has 25 heavy (non-hydrogen) atoms. The van der Waals surface area contributed by atoms with Gasteiger partial charge in [0.2, 0.25) is 5.91 Å². The summed E-state index contributed by atoms with van der Waals surface area (Å²) >= 11 is 6.79. The van der Waals surface area contributed by atoms with Crippen LogP contribution in [0.2, 0.25) is 0 Å². The normalized spacial score (nSPS) is 10.8. The maximum atomic E-state index is 12.2. The number of benzene rings is 1. The van der Waals surface area contributed by atoms with E-state index in [1.165, 1.54) is 11.3 Å². The van der Waals surface area contributed by atoms with Crippen molar-refractivity contribution in [3.05, 3.63) is 45.2 Å². The van der Waals surface area contributed by atoms with Gasteiger partial charge in [-0.1, -0.05) is 23.8 Å². The lowest BCUT2D eigenvalue weighted by molar-refractivity contribution is -0.116. The molecule has 0 aliphatic rings. The van der Waals surface area contributed by atoms with E-state index in [1.54, 1.807) is 0 Å². The second-order valence-electron chi connectivity index (χ2n) is 5.83. The Morgan fingerprint density at radius 3 is 2.84 bits per heavy atom. The zero-order valence-electron chi connectivity index (χ0n) is 14.3. The number of carbonyl (C=O) groups is 1. The molecule has 1 amide bonds.